The van der Waals surface area contributed by atoms with Gasteiger partial charge in [-0.25, -0.2) is 0 Å². The van der Waals surface area contributed by atoms with Crippen LogP contribution >= 0.6 is 0 Å². The molecule has 1 aromatic rings. The van der Waals surface area contributed by atoms with Crippen molar-refractivity contribution in [2.24, 2.45) is 0 Å². The molecule has 0 aromatic heterocycles. The normalized spacial score (nSPS) is 10.6. The predicted molar refractivity (Wildman–Crippen MR) is 56.3 cm³/mol. The van der Waals surface area contributed by atoms with E-state index >= 15 is 0 Å². The first kappa shape index (κ1) is 11.9. The highest BCUT2D eigenvalue weighted by molar-refractivity contribution is 5.83. The Labute approximate surface area is 90.6 Å². The molecule has 0 radical (unpaired) electrons. The first-order chi connectivity index (χ1) is 7.60. The highest BCUT2D eigenvalue weighted by Crippen LogP contribution is 2.28. The van der Waals surface area contributed by atoms with Crippen LogP contribution in [0.1, 0.15) is 15.9 Å². The molecule has 0 unspecified atom stereocenters. The van der Waals surface area contributed by atoms with Gasteiger partial charge in [-0.05, 0) is 0 Å². The molecule has 0 amide bonds. The summed E-state index contributed by atoms with van der Waals surface area (Å²) in [4.78, 5) is 20.4. The lowest BCUT2D eigenvalue weighted by molar-refractivity contribution is -0.384. The average molecular weight is 223 g/mol. The van der Waals surface area contributed by atoms with Crippen LogP contribution in [0.25, 0.3) is 6.08 Å². The largest absolute Gasteiger partial charge is 0.507 e. The van der Waals surface area contributed by atoms with E-state index in [1.54, 1.807) is 0 Å². The minimum absolute atomic E-state index is 0.116. The highest BCUT2D eigenvalue weighted by atomic mass is 16.6. The number of hydrogen-bond acceptors (Lipinski definition) is 5. The maximum atomic E-state index is 10.6. The number of aldehydes is 1. The van der Waals surface area contributed by atoms with Gasteiger partial charge in [-0.3, -0.25) is 14.9 Å². The van der Waals surface area contributed by atoms with Crippen LogP contribution in [0.15, 0.2) is 18.2 Å². The van der Waals surface area contributed by atoms with E-state index in [0.717, 1.165) is 12.1 Å². The molecule has 2 N–H and O–H groups in total. The second-order valence-corrected chi connectivity index (χ2v) is 2.93. The number of rotatable bonds is 4. The summed E-state index contributed by atoms with van der Waals surface area (Å²) in [5.74, 6) is -0.342. The highest BCUT2D eigenvalue weighted by Gasteiger charge is 2.13. The van der Waals surface area contributed by atoms with Crippen molar-refractivity contribution < 1.29 is 19.9 Å². The Bertz CT molecular complexity index is 453. The number of aromatic hydroxyl groups is 1. The van der Waals surface area contributed by atoms with Crippen molar-refractivity contribution in [1.82, 2.24) is 0 Å². The summed E-state index contributed by atoms with van der Waals surface area (Å²) in [7, 11) is 0. The standard InChI is InChI=1S/C10H9NO5/c12-3-1-2-7-4-9(11(15)16)5-8(6-13)10(7)14/h1-2,4-6,12,14H,3H2. The molecular formula is C10H9NO5. The number of nitrogens with zero attached hydrogens (tertiary/aromatic N) is 1. The Hall–Kier alpha value is -2.21. The number of phenols is 1. The molecule has 0 heterocycles. The molecule has 0 aliphatic rings. The third-order valence-corrected chi connectivity index (χ3v) is 1.89. The van der Waals surface area contributed by atoms with Crippen molar-refractivity contribution in [1.29, 1.82) is 0 Å². The monoisotopic (exact) mass is 223 g/mol. The van der Waals surface area contributed by atoms with Crippen LogP contribution < -0.4 is 0 Å². The van der Waals surface area contributed by atoms with Gasteiger partial charge in [0.15, 0.2) is 6.29 Å². The minimum atomic E-state index is -0.664. The summed E-state index contributed by atoms with van der Waals surface area (Å²) < 4.78 is 0. The maximum absolute atomic E-state index is 10.6. The van der Waals surface area contributed by atoms with Gasteiger partial charge in [0, 0.05) is 17.7 Å². The van der Waals surface area contributed by atoms with E-state index in [1.807, 2.05) is 0 Å². The minimum Gasteiger partial charge on any atom is -0.507 e. The molecule has 6 heteroatoms. The van der Waals surface area contributed by atoms with Crippen LogP contribution in [-0.2, 0) is 0 Å². The predicted octanol–water partition coefficient (Wildman–Crippen LogP) is 1.12. The molecule has 0 atom stereocenters. The van der Waals surface area contributed by atoms with E-state index in [-0.39, 0.29) is 29.2 Å². The van der Waals surface area contributed by atoms with E-state index in [4.69, 9.17) is 5.11 Å². The van der Waals surface area contributed by atoms with Crippen molar-refractivity contribution in [2.45, 2.75) is 0 Å². The van der Waals surface area contributed by atoms with Gasteiger partial charge < -0.3 is 10.2 Å². The molecule has 1 aromatic carbocycles. The summed E-state index contributed by atoms with van der Waals surface area (Å²) in [5, 5.41) is 28.6. The third kappa shape index (κ3) is 2.43. The summed E-state index contributed by atoms with van der Waals surface area (Å²) in [6.07, 6.45) is 2.93. The molecule has 0 saturated heterocycles. The van der Waals surface area contributed by atoms with Crippen molar-refractivity contribution in [3.8, 4) is 5.75 Å². The Morgan fingerprint density at radius 2 is 2.00 bits per heavy atom. The summed E-state index contributed by atoms with van der Waals surface area (Å²) in [6.45, 7) is -0.265. The Balaban J connectivity index is 3.35. The molecule has 0 bridgehead atoms. The fourth-order valence-corrected chi connectivity index (χ4v) is 1.17. The number of hydrogen-bond donors (Lipinski definition) is 2. The van der Waals surface area contributed by atoms with Gasteiger partial charge in [-0.1, -0.05) is 12.2 Å². The van der Waals surface area contributed by atoms with Gasteiger partial charge in [0.2, 0.25) is 0 Å². The van der Waals surface area contributed by atoms with Crippen LogP contribution in [0.4, 0.5) is 5.69 Å². The maximum Gasteiger partial charge on any atom is 0.271 e. The Morgan fingerprint density at radius 1 is 1.38 bits per heavy atom. The number of carbonyl (C=O) groups excluding carboxylic acids is 1. The van der Waals surface area contributed by atoms with Crippen LogP contribution in [0, 0.1) is 10.1 Å². The van der Waals surface area contributed by atoms with Crippen molar-refractivity contribution in [3.63, 3.8) is 0 Å². The summed E-state index contributed by atoms with van der Waals surface area (Å²) >= 11 is 0. The zero-order chi connectivity index (χ0) is 12.1. The van der Waals surface area contributed by atoms with E-state index in [9.17, 15) is 20.0 Å². The number of carbonyl (C=O) groups is 1. The number of phenolic OH excluding ortho intramolecular Hbond substituents is 1. The lowest BCUT2D eigenvalue weighted by Crippen LogP contribution is -1.93. The summed E-state index contributed by atoms with van der Waals surface area (Å²) in [5.41, 5.74) is -0.338. The number of aliphatic hydroxyl groups is 1. The van der Waals surface area contributed by atoms with Crippen LogP contribution in [0.5, 0.6) is 5.75 Å². The van der Waals surface area contributed by atoms with Gasteiger partial charge >= 0.3 is 0 Å². The quantitative estimate of drug-likeness (QED) is 0.452. The molecule has 0 spiro atoms. The van der Waals surface area contributed by atoms with Crippen LogP contribution in [0.2, 0.25) is 0 Å². The van der Waals surface area contributed by atoms with Gasteiger partial charge in [0.05, 0.1) is 17.1 Å². The lowest BCUT2D eigenvalue weighted by Gasteiger charge is -2.02. The second kappa shape index (κ2) is 5.04. The zero-order valence-electron chi connectivity index (χ0n) is 8.16. The van der Waals surface area contributed by atoms with Gasteiger partial charge in [0.25, 0.3) is 5.69 Å². The van der Waals surface area contributed by atoms with E-state index in [2.05, 4.69) is 0 Å². The molecule has 16 heavy (non-hydrogen) atoms. The zero-order valence-corrected chi connectivity index (χ0v) is 8.16. The van der Waals surface area contributed by atoms with Gasteiger partial charge in [-0.15, -0.1) is 0 Å². The molecule has 0 saturated carbocycles. The van der Waals surface area contributed by atoms with E-state index in [0.29, 0.717) is 6.29 Å². The molecule has 6 nitrogen and oxygen atoms in total. The topological polar surface area (TPSA) is 101 Å². The lowest BCUT2D eigenvalue weighted by atomic mass is 10.1. The number of nitro benzene ring substituents is 1. The van der Waals surface area contributed by atoms with E-state index < -0.39 is 4.92 Å². The fourth-order valence-electron chi connectivity index (χ4n) is 1.17. The van der Waals surface area contributed by atoms with Gasteiger partial charge in [0.1, 0.15) is 5.75 Å². The number of nitro groups is 1. The molecule has 84 valence electrons. The van der Waals surface area contributed by atoms with Crippen molar-refractivity contribution in [3.05, 3.63) is 39.4 Å². The first-order valence-corrected chi connectivity index (χ1v) is 4.34. The Kier molecular flexibility index (Phi) is 3.73. The third-order valence-electron chi connectivity index (χ3n) is 1.89. The molecule has 0 fully saturated rings. The molecule has 0 aliphatic carbocycles. The summed E-state index contributed by atoms with van der Waals surface area (Å²) in [6, 6.07) is 2.10. The van der Waals surface area contributed by atoms with E-state index in [1.165, 1.54) is 12.2 Å². The van der Waals surface area contributed by atoms with Crippen LogP contribution in [0.3, 0.4) is 0 Å². The molecule has 1 rings (SSSR count). The average Bonchev–Trinajstić information content (AvgIpc) is 2.27. The number of aliphatic hydroxyl groups excluding tert-OH is 1. The smallest absolute Gasteiger partial charge is 0.271 e. The number of benzene rings is 1. The molecular weight excluding hydrogens is 214 g/mol. The van der Waals surface area contributed by atoms with Crippen molar-refractivity contribution in [2.75, 3.05) is 6.61 Å². The number of non-ortho nitro benzene ring substituents is 1. The van der Waals surface area contributed by atoms with Crippen LogP contribution in [-0.4, -0.2) is 28.0 Å². The Morgan fingerprint density at radius 3 is 2.50 bits per heavy atom. The second-order valence-electron chi connectivity index (χ2n) is 2.93. The SMILES string of the molecule is O=Cc1cc([N+](=O)[O-])cc(C=CCO)c1O. The van der Waals surface area contributed by atoms with Crippen molar-refractivity contribution >= 4 is 18.0 Å². The fraction of sp³-hybridized carbons (Fsp3) is 0.100. The molecule has 0 aliphatic heterocycles. The van der Waals surface area contributed by atoms with Gasteiger partial charge in [-0.2, -0.15) is 0 Å². The first-order valence-electron chi connectivity index (χ1n) is 4.34.